The summed E-state index contributed by atoms with van der Waals surface area (Å²) in [6.07, 6.45) is 1.06. The van der Waals surface area contributed by atoms with Crippen molar-refractivity contribution in [2.45, 2.75) is 84.5 Å². The normalized spacial score (nSPS) is 26.9. The lowest BCUT2D eigenvalue weighted by molar-refractivity contribution is -0.117. The highest BCUT2D eigenvalue weighted by molar-refractivity contribution is 5.89. The Kier molecular flexibility index (Phi) is 4.98. The third-order valence-corrected chi connectivity index (χ3v) is 4.34. The Hall–Kier alpha value is -1.59. The van der Waals surface area contributed by atoms with Crippen molar-refractivity contribution < 1.29 is 23.9 Å². The second kappa shape index (κ2) is 6.37. The Morgan fingerprint density at radius 3 is 1.58 bits per heavy atom. The molecule has 2 saturated carbocycles. The van der Waals surface area contributed by atoms with E-state index < -0.39 is 23.4 Å². The van der Waals surface area contributed by atoms with Gasteiger partial charge in [0.15, 0.2) is 0 Å². The minimum Gasteiger partial charge on any atom is -0.443 e. The van der Waals surface area contributed by atoms with Crippen LogP contribution in [0.15, 0.2) is 0 Å². The largest absolute Gasteiger partial charge is 0.443 e. The van der Waals surface area contributed by atoms with Gasteiger partial charge < -0.3 is 9.47 Å². The second-order valence-electron chi connectivity index (χ2n) is 8.92. The monoisotopic (exact) mass is 339 g/mol. The first-order valence-electron chi connectivity index (χ1n) is 8.62. The molecule has 0 heterocycles. The Bertz CT molecular complexity index is 485. The van der Waals surface area contributed by atoms with E-state index in [-0.39, 0.29) is 23.7 Å². The van der Waals surface area contributed by atoms with Gasteiger partial charge in [-0.1, -0.05) is 0 Å². The van der Waals surface area contributed by atoms with E-state index in [1.165, 1.54) is 0 Å². The van der Waals surface area contributed by atoms with Crippen molar-refractivity contribution in [3.8, 4) is 0 Å². The van der Waals surface area contributed by atoms with Gasteiger partial charge in [0, 0.05) is 18.9 Å². The number of imide groups is 1. The Morgan fingerprint density at radius 2 is 1.25 bits per heavy atom. The van der Waals surface area contributed by atoms with Gasteiger partial charge in [-0.25, -0.2) is 14.5 Å². The van der Waals surface area contributed by atoms with Gasteiger partial charge in [-0.3, -0.25) is 4.79 Å². The molecule has 0 N–H and O–H groups in total. The second-order valence-corrected chi connectivity index (χ2v) is 8.92. The Balaban J connectivity index is 2.15. The molecule has 136 valence electrons. The third-order valence-electron chi connectivity index (χ3n) is 4.34. The van der Waals surface area contributed by atoms with Gasteiger partial charge in [0.1, 0.15) is 17.0 Å². The van der Waals surface area contributed by atoms with Crippen molar-refractivity contribution in [2.24, 2.45) is 11.8 Å². The van der Waals surface area contributed by atoms with E-state index in [4.69, 9.17) is 9.47 Å². The van der Waals surface area contributed by atoms with Gasteiger partial charge in [-0.05, 0) is 66.2 Å². The van der Waals surface area contributed by atoms with Crippen LogP contribution in [0.25, 0.3) is 0 Å². The zero-order valence-corrected chi connectivity index (χ0v) is 15.5. The van der Waals surface area contributed by atoms with Crippen LogP contribution < -0.4 is 0 Å². The predicted molar refractivity (Wildman–Crippen MR) is 88.6 cm³/mol. The lowest BCUT2D eigenvalue weighted by atomic mass is 10.0. The van der Waals surface area contributed by atoms with Crippen LogP contribution in [0, 0.1) is 11.8 Å². The lowest BCUT2D eigenvalue weighted by Gasteiger charge is -2.32. The van der Waals surface area contributed by atoms with E-state index in [1.54, 1.807) is 41.5 Å². The lowest BCUT2D eigenvalue weighted by Crippen LogP contribution is -2.48. The molecule has 0 radical (unpaired) electrons. The molecule has 24 heavy (non-hydrogen) atoms. The molecular weight excluding hydrogens is 310 g/mol. The first-order chi connectivity index (χ1) is 10.9. The van der Waals surface area contributed by atoms with Crippen LogP contribution in [0.4, 0.5) is 9.59 Å². The molecular formula is C18H29NO5. The molecule has 0 aliphatic heterocycles. The van der Waals surface area contributed by atoms with Crippen molar-refractivity contribution in [2.75, 3.05) is 0 Å². The molecule has 6 heteroatoms. The minimum absolute atomic E-state index is 0.259. The van der Waals surface area contributed by atoms with Gasteiger partial charge in [0.25, 0.3) is 0 Å². The number of nitrogens with zero attached hydrogens (tertiary/aromatic N) is 1. The Labute approximate surface area is 143 Å². The van der Waals surface area contributed by atoms with Crippen molar-refractivity contribution >= 4 is 18.0 Å². The fourth-order valence-corrected chi connectivity index (χ4v) is 3.55. The molecule has 1 unspecified atom stereocenters. The van der Waals surface area contributed by atoms with Crippen LogP contribution in [0.5, 0.6) is 0 Å². The molecule has 6 nitrogen and oxygen atoms in total. The third kappa shape index (κ3) is 4.71. The van der Waals surface area contributed by atoms with Gasteiger partial charge >= 0.3 is 12.2 Å². The number of amides is 2. The SMILES string of the molecule is CC(C)(C)OC(=O)N(C(=O)OC(C)(C)C)C1C[C@H]2CC(=O)C[C@H]2C1. The summed E-state index contributed by atoms with van der Waals surface area (Å²) in [5.74, 6) is 0.800. The molecule has 2 aliphatic rings. The van der Waals surface area contributed by atoms with E-state index in [0.717, 1.165) is 4.90 Å². The number of hydrogen-bond donors (Lipinski definition) is 0. The first-order valence-corrected chi connectivity index (χ1v) is 8.62. The molecule has 2 rings (SSSR count). The van der Waals surface area contributed by atoms with Crippen LogP contribution in [-0.4, -0.2) is 40.1 Å². The highest BCUT2D eigenvalue weighted by Gasteiger charge is 2.47. The van der Waals surface area contributed by atoms with Crippen LogP contribution in [0.2, 0.25) is 0 Å². The first kappa shape index (κ1) is 18.7. The molecule has 0 aromatic heterocycles. The number of carbonyl (C=O) groups is 3. The van der Waals surface area contributed by atoms with Gasteiger partial charge in [0.05, 0.1) is 0 Å². The van der Waals surface area contributed by atoms with Crippen molar-refractivity contribution in [3.05, 3.63) is 0 Å². The van der Waals surface area contributed by atoms with Gasteiger partial charge in [-0.15, -0.1) is 0 Å². The molecule has 3 atom stereocenters. The fraction of sp³-hybridized carbons (Fsp3) is 0.833. The van der Waals surface area contributed by atoms with Crippen molar-refractivity contribution in [3.63, 3.8) is 0 Å². The number of hydrogen-bond acceptors (Lipinski definition) is 5. The number of carbonyl (C=O) groups excluding carboxylic acids is 3. The van der Waals surface area contributed by atoms with Crippen LogP contribution >= 0.6 is 0 Å². The zero-order valence-electron chi connectivity index (χ0n) is 15.5. The summed E-state index contributed by atoms with van der Waals surface area (Å²) in [4.78, 5) is 37.9. The van der Waals surface area contributed by atoms with E-state index in [1.807, 2.05) is 0 Å². The van der Waals surface area contributed by atoms with E-state index in [0.29, 0.717) is 25.7 Å². The molecule has 2 fully saturated rings. The van der Waals surface area contributed by atoms with Crippen molar-refractivity contribution in [1.29, 1.82) is 0 Å². The smallest absolute Gasteiger partial charge is 0.420 e. The average molecular weight is 339 g/mol. The average Bonchev–Trinajstić information content (AvgIpc) is 2.80. The fourth-order valence-electron chi connectivity index (χ4n) is 3.55. The van der Waals surface area contributed by atoms with E-state index in [2.05, 4.69) is 0 Å². The van der Waals surface area contributed by atoms with Crippen LogP contribution in [0.3, 0.4) is 0 Å². The summed E-state index contributed by atoms with van der Waals surface area (Å²) in [5, 5.41) is 0. The maximum absolute atomic E-state index is 12.6. The summed E-state index contributed by atoms with van der Waals surface area (Å²) in [6.45, 7) is 10.6. The number of rotatable bonds is 1. The van der Waals surface area contributed by atoms with E-state index >= 15 is 0 Å². The van der Waals surface area contributed by atoms with Crippen LogP contribution in [0.1, 0.15) is 67.2 Å². The maximum Gasteiger partial charge on any atom is 0.420 e. The summed E-state index contributed by atoms with van der Waals surface area (Å²) >= 11 is 0. The molecule has 2 amide bonds. The van der Waals surface area contributed by atoms with Gasteiger partial charge in [-0.2, -0.15) is 0 Å². The predicted octanol–water partition coefficient (Wildman–Crippen LogP) is 3.92. The minimum atomic E-state index is -0.693. The summed E-state index contributed by atoms with van der Waals surface area (Å²) in [6, 6.07) is -0.266. The Morgan fingerprint density at radius 1 is 0.875 bits per heavy atom. The number of ether oxygens (including phenoxy) is 2. The maximum atomic E-state index is 12.6. The van der Waals surface area contributed by atoms with E-state index in [9.17, 15) is 14.4 Å². The quantitative estimate of drug-likeness (QED) is 0.724. The van der Waals surface area contributed by atoms with Crippen molar-refractivity contribution in [1.82, 2.24) is 4.90 Å². The number of ketones is 1. The van der Waals surface area contributed by atoms with Gasteiger partial charge in [0.2, 0.25) is 0 Å². The zero-order chi connectivity index (χ0) is 18.3. The summed E-state index contributed by atoms with van der Waals surface area (Å²) < 4.78 is 10.8. The number of Topliss-reactive ketones (excluding diaryl/α,β-unsaturated/α-hetero) is 1. The number of fused-ring (bicyclic) bond motifs is 1. The summed E-state index contributed by atoms with van der Waals surface area (Å²) in [7, 11) is 0. The molecule has 2 aliphatic carbocycles. The highest BCUT2D eigenvalue weighted by Crippen LogP contribution is 2.44. The molecule has 0 aromatic carbocycles. The van der Waals surface area contributed by atoms with Crippen LogP contribution in [-0.2, 0) is 14.3 Å². The molecule has 0 aromatic rings. The summed E-state index contributed by atoms with van der Waals surface area (Å²) in [5.41, 5.74) is -1.39. The highest BCUT2D eigenvalue weighted by atomic mass is 16.6. The molecule has 0 spiro atoms. The molecule has 0 bridgehead atoms. The standard InChI is InChI=1S/C18H29NO5/c1-17(2,3)23-15(21)19(16(22)24-18(4,5)6)13-7-11-9-14(20)10-12(11)8-13/h11-13H,7-10H2,1-6H3/t11-,12+,13?. The molecule has 0 saturated heterocycles. The topological polar surface area (TPSA) is 72.9 Å².